The van der Waals surface area contributed by atoms with E-state index in [1.807, 2.05) is 12.1 Å². The van der Waals surface area contributed by atoms with Crippen LogP contribution in [0.4, 0.5) is 0 Å². The minimum atomic E-state index is 0.562. The normalized spacial score (nSPS) is 11.2. The topological polar surface area (TPSA) is 0 Å². The Bertz CT molecular complexity index is 1180. The molecule has 0 bridgehead atoms. The second-order valence-electron chi connectivity index (χ2n) is 9.10. The zero-order chi connectivity index (χ0) is 24.2. The van der Waals surface area contributed by atoms with Gasteiger partial charge in [-0.2, -0.15) is 0 Å². The molecule has 4 aromatic rings. The maximum atomic E-state index is 2.25. The van der Waals surface area contributed by atoms with Gasteiger partial charge in [-0.3, -0.25) is 0 Å². The third-order valence-electron chi connectivity index (χ3n) is 5.72. The van der Waals surface area contributed by atoms with Gasteiger partial charge in [-0.15, -0.1) is 0 Å². The van der Waals surface area contributed by atoms with Crippen LogP contribution in [0.15, 0.2) is 109 Å². The molecule has 0 aliphatic carbocycles. The van der Waals surface area contributed by atoms with Gasteiger partial charge in [0.15, 0.2) is 0 Å². The van der Waals surface area contributed by atoms with E-state index in [4.69, 9.17) is 0 Å². The predicted octanol–water partition coefficient (Wildman–Crippen LogP) is 9.96. The quantitative estimate of drug-likeness (QED) is 0.259. The fraction of sp³-hybridized carbons (Fsp3) is 0.176. The molecule has 0 heteroatoms. The van der Waals surface area contributed by atoms with Crippen molar-refractivity contribution in [3.63, 3.8) is 0 Å². The maximum absolute atomic E-state index is 2.25. The number of benzene rings is 4. The average molecular weight is 445 g/mol. The first-order valence-electron chi connectivity index (χ1n) is 12.2. The van der Waals surface area contributed by atoms with Crippen molar-refractivity contribution < 1.29 is 0 Å². The van der Waals surface area contributed by atoms with Gasteiger partial charge in [0.1, 0.15) is 0 Å². The van der Waals surface area contributed by atoms with E-state index in [0.29, 0.717) is 11.8 Å². The summed E-state index contributed by atoms with van der Waals surface area (Å²) in [4.78, 5) is 0. The molecule has 0 aromatic heterocycles. The lowest BCUT2D eigenvalue weighted by Gasteiger charge is -2.08. The summed E-state index contributed by atoms with van der Waals surface area (Å²) >= 11 is 0. The minimum absolute atomic E-state index is 0.562. The van der Waals surface area contributed by atoms with E-state index in [1.54, 1.807) is 0 Å². The summed E-state index contributed by atoms with van der Waals surface area (Å²) in [7, 11) is 0. The SMILES string of the molecule is CC(C)c1cccc(C=Cc2ccccc2)c1.CC(C)c1ccccc1C=Cc1ccccc1. The second kappa shape index (κ2) is 13.2. The lowest BCUT2D eigenvalue weighted by atomic mass is 9.97. The Kier molecular flexibility index (Phi) is 9.67. The highest BCUT2D eigenvalue weighted by Gasteiger charge is 2.02. The van der Waals surface area contributed by atoms with Crippen LogP contribution in [0.1, 0.15) is 72.9 Å². The molecule has 0 saturated carbocycles. The summed E-state index contributed by atoms with van der Waals surface area (Å²) in [5, 5.41) is 0. The van der Waals surface area contributed by atoms with Crippen LogP contribution in [0.2, 0.25) is 0 Å². The molecule has 0 N–H and O–H groups in total. The van der Waals surface area contributed by atoms with Crippen LogP contribution < -0.4 is 0 Å². The highest BCUT2D eigenvalue weighted by molar-refractivity contribution is 5.71. The second-order valence-corrected chi connectivity index (χ2v) is 9.10. The van der Waals surface area contributed by atoms with Crippen LogP contribution in [-0.4, -0.2) is 0 Å². The Morgan fingerprint density at radius 2 is 0.941 bits per heavy atom. The minimum Gasteiger partial charge on any atom is -0.0622 e. The van der Waals surface area contributed by atoms with Gasteiger partial charge in [-0.05, 0) is 45.2 Å². The van der Waals surface area contributed by atoms with Crippen molar-refractivity contribution in [1.82, 2.24) is 0 Å². The molecule has 0 unspecified atom stereocenters. The molecule has 0 heterocycles. The summed E-state index contributed by atoms with van der Waals surface area (Å²) in [5.74, 6) is 1.15. The molecule has 4 aromatic carbocycles. The molecule has 0 nitrogen and oxygen atoms in total. The van der Waals surface area contributed by atoms with Gasteiger partial charge < -0.3 is 0 Å². The van der Waals surface area contributed by atoms with Crippen LogP contribution in [0, 0.1) is 0 Å². The van der Waals surface area contributed by atoms with Gasteiger partial charge in [-0.25, -0.2) is 0 Å². The molecule has 0 spiro atoms. The van der Waals surface area contributed by atoms with E-state index in [-0.39, 0.29) is 0 Å². The summed E-state index contributed by atoms with van der Waals surface area (Å²) in [5.41, 5.74) is 7.85. The fourth-order valence-electron chi connectivity index (χ4n) is 3.72. The van der Waals surface area contributed by atoms with Crippen molar-refractivity contribution in [3.8, 4) is 0 Å². The number of rotatable bonds is 6. The molecular weight excluding hydrogens is 408 g/mol. The van der Waals surface area contributed by atoms with Gasteiger partial charge in [0.2, 0.25) is 0 Å². The Balaban J connectivity index is 0.000000191. The van der Waals surface area contributed by atoms with E-state index in [9.17, 15) is 0 Å². The van der Waals surface area contributed by atoms with E-state index >= 15 is 0 Å². The standard InChI is InChI=1S/2C17H18/c1-14(2)17-11-7-6-10-16(17)13-12-15-8-4-3-5-9-15;1-14(2)17-10-6-9-16(13-17)12-11-15-7-4-3-5-8-15/h2*3-14H,1-2H3. The molecule has 4 rings (SSSR count). The molecule has 0 fully saturated rings. The van der Waals surface area contributed by atoms with Crippen LogP contribution in [0.5, 0.6) is 0 Å². The van der Waals surface area contributed by atoms with Crippen LogP contribution in [-0.2, 0) is 0 Å². The van der Waals surface area contributed by atoms with E-state index in [2.05, 4.69) is 149 Å². The van der Waals surface area contributed by atoms with Crippen LogP contribution >= 0.6 is 0 Å². The molecule has 0 radical (unpaired) electrons. The lowest BCUT2D eigenvalue weighted by molar-refractivity contribution is 0.864. The van der Waals surface area contributed by atoms with Gasteiger partial charge in [0.05, 0.1) is 0 Å². The van der Waals surface area contributed by atoms with E-state index < -0.39 is 0 Å². The van der Waals surface area contributed by atoms with Crippen molar-refractivity contribution in [2.45, 2.75) is 39.5 Å². The molecule has 0 amide bonds. The smallest absolute Gasteiger partial charge is 0.0213 e. The summed E-state index contributed by atoms with van der Waals surface area (Å²) in [6.45, 7) is 8.91. The third kappa shape index (κ3) is 8.05. The highest BCUT2D eigenvalue weighted by Crippen LogP contribution is 2.21. The molecule has 0 saturated heterocycles. The van der Waals surface area contributed by atoms with Gasteiger partial charge in [0.25, 0.3) is 0 Å². The van der Waals surface area contributed by atoms with Crippen molar-refractivity contribution in [2.75, 3.05) is 0 Å². The number of hydrogen-bond acceptors (Lipinski definition) is 0. The summed E-state index contributed by atoms with van der Waals surface area (Å²) in [6.07, 6.45) is 8.69. The van der Waals surface area contributed by atoms with E-state index in [0.717, 1.165) is 0 Å². The Labute approximate surface area is 206 Å². The Morgan fingerprint density at radius 3 is 1.53 bits per heavy atom. The van der Waals surface area contributed by atoms with Crippen molar-refractivity contribution in [2.24, 2.45) is 0 Å². The third-order valence-corrected chi connectivity index (χ3v) is 5.72. The first-order chi connectivity index (χ1) is 16.5. The van der Waals surface area contributed by atoms with Gasteiger partial charge >= 0.3 is 0 Å². The zero-order valence-electron chi connectivity index (χ0n) is 20.9. The number of hydrogen-bond donors (Lipinski definition) is 0. The molecule has 0 aliphatic heterocycles. The summed E-state index contributed by atoms with van der Waals surface area (Å²) in [6, 6.07) is 38.1. The molecular formula is C34H36. The van der Waals surface area contributed by atoms with Crippen LogP contribution in [0.3, 0.4) is 0 Å². The highest BCUT2D eigenvalue weighted by atomic mass is 14.1. The average Bonchev–Trinajstić information content (AvgIpc) is 2.88. The monoisotopic (exact) mass is 444 g/mol. The maximum Gasteiger partial charge on any atom is -0.0213 e. The predicted molar refractivity (Wildman–Crippen MR) is 152 cm³/mol. The molecule has 172 valence electrons. The largest absolute Gasteiger partial charge is 0.0622 e. The van der Waals surface area contributed by atoms with Crippen molar-refractivity contribution in [3.05, 3.63) is 143 Å². The van der Waals surface area contributed by atoms with Crippen LogP contribution in [0.25, 0.3) is 24.3 Å². The molecule has 34 heavy (non-hydrogen) atoms. The summed E-state index contributed by atoms with van der Waals surface area (Å²) < 4.78 is 0. The van der Waals surface area contributed by atoms with E-state index in [1.165, 1.54) is 33.4 Å². The fourth-order valence-corrected chi connectivity index (χ4v) is 3.72. The molecule has 0 atom stereocenters. The van der Waals surface area contributed by atoms with Gasteiger partial charge in [-0.1, -0.05) is 161 Å². The van der Waals surface area contributed by atoms with Crippen molar-refractivity contribution in [1.29, 1.82) is 0 Å². The Morgan fingerprint density at radius 1 is 0.441 bits per heavy atom. The van der Waals surface area contributed by atoms with Gasteiger partial charge in [0, 0.05) is 0 Å². The first kappa shape index (κ1) is 25.0. The lowest BCUT2D eigenvalue weighted by Crippen LogP contribution is -1.90. The van der Waals surface area contributed by atoms with Crippen molar-refractivity contribution >= 4 is 24.3 Å². The zero-order valence-corrected chi connectivity index (χ0v) is 20.9. The first-order valence-corrected chi connectivity index (χ1v) is 12.2. The Hall–Kier alpha value is -3.64. The molecule has 0 aliphatic rings.